The molecule has 3 aromatic carbocycles. The highest BCUT2D eigenvalue weighted by molar-refractivity contribution is 5.82. The van der Waals surface area contributed by atoms with Crippen LogP contribution in [0.1, 0.15) is 29.0 Å². The van der Waals surface area contributed by atoms with Crippen LogP contribution in [0.15, 0.2) is 104 Å². The first-order valence-corrected chi connectivity index (χ1v) is 10.9. The number of aryl methyl sites for hydroxylation is 1. The fourth-order valence-electron chi connectivity index (χ4n) is 5.69. The van der Waals surface area contributed by atoms with Crippen LogP contribution in [0.4, 0.5) is 0 Å². The molecule has 3 aliphatic carbocycles. The predicted molar refractivity (Wildman–Crippen MR) is 127 cm³/mol. The van der Waals surface area contributed by atoms with Crippen LogP contribution in [0.2, 0.25) is 0 Å². The molecule has 0 nitrogen and oxygen atoms in total. The smallest absolute Gasteiger partial charge is 0.0282 e. The van der Waals surface area contributed by atoms with E-state index in [1.165, 1.54) is 43.8 Å². The van der Waals surface area contributed by atoms with Crippen molar-refractivity contribution in [3.05, 3.63) is 131 Å². The van der Waals surface area contributed by atoms with Gasteiger partial charge in [0.25, 0.3) is 0 Å². The number of hydrogen-bond acceptors (Lipinski definition) is 0. The number of benzene rings is 3. The first-order chi connectivity index (χ1) is 14.9. The summed E-state index contributed by atoms with van der Waals surface area (Å²) < 4.78 is 0. The average Bonchev–Trinajstić information content (AvgIpc) is 3.31. The fraction of sp³-hybridized carbons (Fsp3) is 0.133. The van der Waals surface area contributed by atoms with Gasteiger partial charge in [0.15, 0.2) is 0 Å². The van der Waals surface area contributed by atoms with Crippen LogP contribution >= 0.6 is 0 Å². The third-order valence-electron chi connectivity index (χ3n) is 6.98. The number of hydrogen-bond donors (Lipinski definition) is 0. The Morgan fingerprint density at radius 1 is 0.767 bits per heavy atom. The first kappa shape index (κ1) is 17.5. The largest absolute Gasteiger partial charge is 0.102 e. The van der Waals surface area contributed by atoms with Gasteiger partial charge in [0.05, 0.1) is 0 Å². The van der Waals surface area contributed by atoms with Crippen LogP contribution in [-0.4, -0.2) is 0 Å². The van der Waals surface area contributed by atoms with E-state index in [1.54, 1.807) is 5.57 Å². The Hall–Kier alpha value is -3.38. The van der Waals surface area contributed by atoms with Crippen molar-refractivity contribution in [3.8, 4) is 11.1 Å². The van der Waals surface area contributed by atoms with Crippen LogP contribution in [0, 0.1) is 5.92 Å². The van der Waals surface area contributed by atoms with Gasteiger partial charge in [0, 0.05) is 11.8 Å². The lowest BCUT2D eigenvalue weighted by molar-refractivity contribution is 0.916. The SMILES string of the molecule is C=CC1c2ccccc2-c2cccc(CCC3=c4ccccc4=C4C=CC=CC43)c21. The van der Waals surface area contributed by atoms with Crippen molar-refractivity contribution in [2.24, 2.45) is 5.92 Å². The van der Waals surface area contributed by atoms with Crippen molar-refractivity contribution >= 4 is 11.1 Å². The molecular weight excluding hydrogens is 360 g/mol. The van der Waals surface area contributed by atoms with Crippen LogP contribution < -0.4 is 10.4 Å². The molecule has 0 radical (unpaired) electrons. The Bertz CT molecular complexity index is 1360. The zero-order valence-electron chi connectivity index (χ0n) is 17.0. The molecule has 0 bridgehead atoms. The van der Waals surface area contributed by atoms with Gasteiger partial charge in [0.2, 0.25) is 0 Å². The summed E-state index contributed by atoms with van der Waals surface area (Å²) in [7, 11) is 0. The minimum atomic E-state index is 0.299. The molecule has 3 aliphatic rings. The predicted octanol–water partition coefficient (Wildman–Crippen LogP) is 5.67. The average molecular weight is 385 g/mol. The van der Waals surface area contributed by atoms with Gasteiger partial charge >= 0.3 is 0 Å². The monoisotopic (exact) mass is 384 g/mol. The Labute approximate surface area is 177 Å². The van der Waals surface area contributed by atoms with Gasteiger partial charge < -0.3 is 0 Å². The van der Waals surface area contributed by atoms with Crippen LogP contribution in [0.25, 0.3) is 22.3 Å². The Balaban J connectivity index is 1.42. The maximum atomic E-state index is 4.18. The number of rotatable bonds is 4. The second kappa shape index (κ2) is 6.85. The summed E-state index contributed by atoms with van der Waals surface area (Å²) in [4.78, 5) is 0. The second-order valence-corrected chi connectivity index (χ2v) is 8.43. The molecule has 0 aliphatic heterocycles. The summed E-state index contributed by atoms with van der Waals surface area (Å²) in [5.41, 5.74) is 10.1. The van der Waals surface area contributed by atoms with Crippen molar-refractivity contribution in [3.63, 3.8) is 0 Å². The summed E-state index contributed by atoms with van der Waals surface area (Å²) in [6.45, 7) is 4.18. The maximum Gasteiger partial charge on any atom is 0.0282 e. The molecule has 0 aromatic heterocycles. The molecule has 0 spiro atoms. The summed E-state index contributed by atoms with van der Waals surface area (Å²) >= 11 is 0. The molecule has 0 N–H and O–H groups in total. The van der Waals surface area contributed by atoms with Crippen molar-refractivity contribution in [1.29, 1.82) is 0 Å². The van der Waals surface area contributed by atoms with E-state index in [0.717, 1.165) is 12.8 Å². The topological polar surface area (TPSA) is 0 Å². The Morgan fingerprint density at radius 2 is 1.57 bits per heavy atom. The summed E-state index contributed by atoms with van der Waals surface area (Å²) in [5, 5.41) is 2.84. The lowest BCUT2D eigenvalue weighted by Gasteiger charge is -2.18. The van der Waals surface area contributed by atoms with Crippen LogP contribution in [0.5, 0.6) is 0 Å². The summed E-state index contributed by atoms with van der Waals surface area (Å²) in [5.74, 6) is 0.726. The number of fused-ring (bicyclic) bond motifs is 5. The van der Waals surface area contributed by atoms with Gasteiger partial charge in [-0.15, -0.1) is 6.58 Å². The molecule has 6 rings (SSSR count). The molecule has 30 heavy (non-hydrogen) atoms. The van der Waals surface area contributed by atoms with E-state index in [0.29, 0.717) is 11.8 Å². The third-order valence-corrected chi connectivity index (χ3v) is 6.98. The quantitative estimate of drug-likeness (QED) is 0.508. The zero-order chi connectivity index (χ0) is 20.1. The van der Waals surface area contributed by atoms with Gasteiger partial charge in [-0.3, -0.25) is 0 Å². The minimum Gasteiger partial charge on any atom is -0.102 e. The van der Waals surface area contributed by atoms with Gasteiger partial charge in [-0.2, -0.15) is 0 Å². The highest BCUT2D eigenvalue weighted by Gasteiger charge is 2.29. The van der Waals surface area contributed by atoms with Crippen molar-refractivity contribution in [2.45, 2.75) is 18.8 Å². The van der Waals surface area contributed by atoms with Gasteiger partial charge in [0.1, 0.15) is 0 Å². The van der Waals surface area contributed by atoms with Crippen molar-refractivity contribution in [2.75, 3.05) is 0 Å². The van der Waals surface area contributed by atoms with Crippen molar-refractivity contribution in [1.82, 2.24) is 0 Å². The fourth-order valence-corrected chi connectivity index (χ4v) is 5.69. The van der Waals surface area contributed by atoms with Gasteiger partial charge in [-0.25, -0.2) is 0 Å². The molecule has 144 valence electrons. The van der Waals surface area contributed by atoms with Crippen LogP contribution in [0.3, 0.4) is 0 Å². The minimum absolute atomic E-state index is 0.299. The highest BCUT2D eigenvalue weighted by Crippen LogP contribution is 2.47. The first-order valence-electron chi connectivity index (χ1n) is 10.9. The molecule has 3 aromatic rings. The van der Waals surface area contributed by atoms with Gasteiger partial charge in [-0.1, -0.05) is 103 Å². The normalized spacial score (nSPS) is 20.0. The molecule has 2 atom stereocenters. The Kier molecular flexibility index (Phi) is 3.99. The standard InChI is InChI=1S/C30H24/c1-2-21-22-11-3-8-16-27(22)29-17-9-10-20(30(21)29)18-19-28-25-14-6-4-12-23(25)24-13-5-7-15-26(24)28/h2-17,21,25H,1,18-19H2. The second-order valence-electron chi connectivity index (χ2n) is 8.43. The molecular formula is C30H24. The van der Waals surface area contributed by atoms with E-state index in [2.05, 4.69) is 104 Å². The molecule has 0 fully saturated rings. The van der Waals surface area contributed by atoms with E-state index >= 15 is 0 Å². The highest BCUT2D eigenvalue weighted by atomic mass is 14.3. The summed E-state index contributed by atoms with van der Waals surface area (Å²) in [6, 6.07) is 24.5. The van der Waals surface area contributed by atoms with E-state index in [9.17, 15) is 0 Å². The van der Waals surface area contributed by atoms with E-state index in [4.69, 9.17) is 0 Å². The molecule has 0 saturated heterocycles. The van der Waals surface area contributed by atoms with Crippen molar-refractivity contribution < 1.29 is 0 Å². The lowest BCUT2D eigenvalue weighted by Crippen LogP contribution is -2.23. The maximum absolute atomic E-state index is 4.18. The molecule has 0 heterocycles. The summed E-state index contributed by atoms with van der Waals surface area (Å²) in [6.07, 6.45) is 13.3. The van der Waals surface area contributed by atoms with E-state index < -0.39 is 0 Å². The zero-order valence-corrected chi connectivity index (χ0v) is 17.0. The van der Waals surface area contributed by atoms with E-state index in [1.807, 2.05) is 0 Å². The van der Waals surface area contributed by atoms with Crippen LogP contribution in [-0.2, 0) is 6.42 Å². The number of allylic oxidation sites excluding steroid dienone is 5. The molecule has 0 amide bonds. The Morgan fingerprint density at radius 3 is 2.47 bits per heavy atom. The molecule has 0 saturated carbocycles. The third kappa shape index (κ3) is 2.47. The molecule has 0 heteroatoms. The van der Waals surface area contributed by atoms with Gasteiger partial charge in [-0.05, 0) is 56.7 Å². The molecule has 2 unspecified atom stereocenters. The lowest BCUT2D eigenvalue weighted by atomic mass is 9.85. The van der Waals surface area contributed by atoms with E-state index in [-0.39, 0.29) is 0 Å².